The number of hydrogen-bond acceptors (Lipinski definition) is 5. The first kappa shape index (κ1) is 20.1. The molecule has 1 aliphatic rings. The highest BCUT2D eigenvalue weighted by Crippen LogP contribution is 2.22. The van der Waals surface area contributed by atoms with Crippen molar-refractivity contribution >= 4 is 28.3 Å². The van der Waals surface area contributed by atoms with Crippen molar-refractivity contribution in [2.75, 3.05) is 38.2 Å². The van der Waals surface area contributed by atoms with Crippen molar-refractivity contribution in [2.45, 2.75) is 6.92 Å². The van der Waals surface area contributed by atoms with E-state index < -0.39 is 0 Å². The summed E-state index contributed by atoms with van der Waals surface area (Å²) in [6, 6.07) is 13.4. The third-order valence-electron chi connectivity index (χ3n) is 6.17. The van der Waals surface area contributed by atoms with Crippen molar-refractivity contribution < 1.29 is 9.53 Å². The number of rotatable bonds is 3. The first-order valence-electron chi connectivity index (χ1n) is 10.6. The number of benzene rings is 1. The molecule has 0 saturated carbocycles. The summed E-state index contributed by atoms with van der Waals surface area (Å²) in [6.07, 6.45) is 1.77. The molecule has 0 unspecified atom stereocenters. The van der Waals surface area contributed by atoms with E-state index in [1.165, 1.54) is 0 Å². The average Bonchev–Trinajstić information content (AvgIpc) is 3.16. The number of anilines is 1. The molecule has 1 amide bonds. The average molecular weight is 431 g/mol. The van der Waals surface area contributed by atoms with Gasteiger partial charge >= 0.3 is 0 Å². The number of amides is 1. The zero-order valence-corrected chi connectivity index (χ0v) is 18.4. The van der Waals surface area contributed by atoms with E-state index in [0.717, 1.165) is 30.1 Å². The van der Waals surface area contributed by atoms with Gasteiger partial charge in [0.1, 0.15) is 22.7 Å². The van der Waals surface area contributed by atoms with Crippen LogP contribution < -0.4 is 15.2 Å². The van der Waals surface area contributed by atoms with E-state index in [4.69, 9.17) is 4.74 Å². The van der Waals surface area contributed by atoms with Crippen molar-refractivity contribution in [1.82, 2.24) is 18.9 Å². The number of fused-ring (bicyclic) bond motifs is 2. The Balaban J connectivity index is 1.40. The van der Waals surface area contributed by atoms with Gasteiger partial charge in [-0.25, -0.2) is 4.98 Å². The predicted octanol–water partition coefficient (Wildman–Crippen LogP) is 2.47. The molecule has 0 spiro atoms. The molecule has 0 atom stereocenters. The zero-order valence-electron chi connectivity index (χ0n) is 18.4. The summed E-state index contributed by atoms with van der Waals surface area (Å²) in [5, 5.41) is 0.454. The number of aryl methyl sites for hydroxylation is 2. The van der Waals surface area contributed by atoms with E-state index in [-0.39, 0.29) is 11.5 Å². The van der Waals surface area contributed by atoms with Crippen LogP contribution in [0.2, 0.25) is 0 Å². The lowest BCUT2D eigenvalue weighted by atomic mass is 10.2. The fourth-order valence-corrected chi connectivity index (χ4v) is 4.30. The molecule has 0 aliphatic carbocycles. The van der Waals surface area contributed by atoms with Crippen molar-refractivity contribution in [3.63, 3.8) is 0 Å². The smallest absolute Gasteiger partial charge is 0.270 e. The van der Waals surface area contributed by atoms with Gasteiger partial charge in [-0.2, -0.15) is 0 Å². The normalized spacial score (nSPS) is 14.3. The maximum absolute atomic E-state index is 13.3. The predicted molar refractivity (Wildman–Crippen MR) is 124 cm³/mol. The maximum atomic E-state index is 13.3. The van der Waals surface area contributed by atoms with Gasteiger partial charge in [-0.05, 0) is 48.9 Å². The van der Waals surface area contributed by atoms with Crippen LogP contribution in [0.25, 0.3) is 16.7 Å². The van der Waals surface area contributed by atoms with Gasteiger partial charge < -0.3 is 19.1 Å². The minimum atomic E-state index is -0.160. The molecule has 0 N–H and O–H groups in total. The van der Waals surface area contributed by atoms with Crippen LogP contribution in [0, 0.1) is 6.92 Å². The lowest BCUT2D eigenvalue weighted by Gasteiger charge is -2.36. The molecule has 1 saturated heterocycles. The van der Waals surface area contributed by atoms with Gasteiger partial charge in [-0.15, -0.1) is 0 Å². The first-order chi connectivity index (χ1) is 15.5. The third kappa shape index (κ3) is 3.28. The molecule has 1 aromatic carbocycles. The highest BCUT2D eigenvalue weighted by Gasteiger charge is 2.26. The van der Waals surface area contributed by atoms with E-state index >= 15 is 0 Å². The summed E-state index contributed by atoms with van der Waals surface area (Å²) in [4.78, 5) is 35.1. The second-order valence-corrected chi connectivity index (χ2v) is 8.15. The lowest BCUT2D eigenvalue weighted by molar-refractivity contribution is 0.0737. The van der Waals surface area contributed by atoms with Crippen LogP contribution in [0.3, 0.4) is 0 Å². The standard InChI is InChI=1S/C24H25N5O3/c1-16-4-9-21-25-22-19(23(30)29(21)15-16)14-20(26(22)2)24(31)28-12-10-27(11-13-28)17-5-7-18(32-3)8-6-17/h4-9,14-15H,10-13H2,1-3H3. The number of piperazine rings is 1. The van der Waals surface area contributed by atoms with Gasteiger partial charge in [0.2, 0.25) is 0 Å². The maximum Gasteiger partial charge on any atom is 0.270 e. The molecule has 8 nitrogen and oxygen atoms in total. The number of ether oxygens (including phenoxy) is 1. The van der Waals surface area contributed by atoms with Crippen molar-refractivity contribution in [1.29, 1.82) is 0 Å². The van der Waals surface area contributed by atoms with Gasteiger partial charge in [0.25, 0.3) is 11.5 Å². The summed E-state index contributed by atoms with van der Waals surface area (Å²) < 4.78 is 8.50. The first-order valence-corrected chi connectivity index (χ1v) is 10.6. The zero-order chi connectivity index (χ0) is 22.4. The Morgan fingerprint density at radius 3 is 2.44 bits per heavy atom. The number of hydrogen-bond donors (Lipinski definition) is 0. The molecular formula is C24H25N5O3. The van der Waals surface area contributed by atoms with Gasteiger partial charge in [0, 0.05) is 45.1 Å². The van der Waals surface area contributed by atoms with Crippen LogP contribution in [0.5, 0.6) is 5.75 Å². The Kier molecular flexibility index (Phi) is 4.84. The van der Waals surface area contributed by atoms with Crippen LogP contribution >= 0.6 is 0 Å². The minimum Gasteiger partial charge on any atom is -0.497 e. The van der Waals surface area contributed by atoms with Crippen LogP contribution in [0.1, 0.15) is 16.1 Å². The Labute approximate surface area is 185 Å². The molecule has 0 radical (unpaired) electrons. The van der Waals surface area contributed by atoms with E-state index in [2.05, 4.69) is 9.88 Å². The summed E-state index contributed by atoms with van der Waals surface area (Å²) >= 11 is 0. The number of aromatic nitrogens is 3. The molecule has 3 aromatic heterocycles. The van der Waals surface area contributed by atoms with Gasteiger partial charge in [0.15, 0.2) is 0 Å². The molecule has 32 heavy (non-hydrogen) atoms. The van der Waals surface area contributed by atoms with E-state index in [0.29, 0.717) is 35.5 Å². The van der Waals surface area contributed by atoms with E-state index in [1.54, 1.807) is 35.4 Å². The van der Waals surface area contributed by atoms with Gasteiger partial charge in [-0.1, -0.05) is 6.07 Å². The Morgan fingerprint density at radius 2 is 1.75 bits per heavy atom. The highest BCUT2D eigenvalue weighted by atomic mass is 16.5. The summed E-state index contributed by atoms with van der Waals surface area (Å²) in [7, 11) is 3.44. The van der Waals surface area contributed by atoms with E-state index in [1.807, 2.05) is 48.2 Å². The Bertz CT molecular complexity index is 1380. The fraction of sp³-hybridized carbons (Fsp3) is 0.292. The molecule has 4 heterocycles. The molecule has 1 fully saturated rings. The fourth-order valence-electron chi connectivity index (χ4n) is 4.30. The second kappa shape index (κ2) is 7.71. The summed E-state index contributed by atoms with van der Waals surface area (Å²) in [5.41, 5.74) is 3.51. The molecule has 5 rings (SSSR count). The lowest BCUT2D eigenvalue weighted by Crippen LogP contribution is -2.49. The van der Waals surface area contributed by atoms with Crippen LogP contribution in [-0.2, 0) is 7.05 Å². The van der Waals surface area contributed by atoms with Crippen LogP contribution in [-0.4, -0.2) is 58.0 Å². The molecule has 4 aromatic rings. The Hall–Kier alpha value is -3.81. The SMILES string of the molecule is COc1ccc(N2CCN(C(=O)c3cc4c(=O)n5cc(C)ccc5nc4n3C)CC2)cc1. The number of pyridine rings is 1. The molecule has 8 heteroatoms. The number of carbonyl (C=O) groups is 1. The third-order valence-corrected chi connectivity index (χ3v) is 6.17. The second-order valence-electron chi connectivity index (χ2n) is 8.15. The topological polar surface area (TPSA) is 72.1 Å². The van der Waals surface area contributed by atoms with Crippen molar-refractivity contribution in [2.24, 2.45) is 7.05 Å². The van der Waals surface area contributed by atoms with E-state index in [9.17, 15) is 9.59 Å². The quantitative estimate of drug-likeness (QED) is 0.498. The molecule has 0 bridgehead atoms. The summed E-state index contributed by atoms with van der Waals surface area (Å²) in [5.74, 6) is 0.746. The minimum absolute atomic E-state index is 0.0792. The summed E-state index contributed by atoms with van der Waals surface area (Å²) in [6.45, 7) is 4.64. The number of carbonyl (C=O) groups excluding carboxylic acids is 1. The van der Waals surface area contributed by atoms with Gasteiger partial charge in [0.05, 0.1) is 12.5 Å². The van der Waals surface area contributed by atoms with Crippen molar-refractivity contribution in [3.05, 3.63) is 70.3 Å². The number of methoxy groups -OCH3 is 1. The van der Waals surface area contributed by atoms with Crippen LogP contribution in [0.4, 0.5) is 5.69 Å². The largest absolute Gasteiger partial charge is 0.497 e. The Morgan fingerprint density at radius 1 is 1.03 bits per heavy atom. The molecule has 1 aliphatic heterocycles. The monoisotopic (exact) mass is 431 g/mol. The van der Waals surface area contributed by atoms with Gasteiger partial charge in [-0.3, -0.25) is 14.0 Å². The number of nitrogens with zero attached hydrogens (tertiary/aromatic N) is 5. The highest BCUT2D eigenvalue weighted by molar-refractivity contribution is 5.98. The molecular weight excluding hydrogens is 406 g/mol. The molecule has 164 valence electrons. The van der Waals surface area contributed by atoms with Crippen molar-refractivity contribution in [3.8, 4) is 5.75 Å². The van der Waals surface area contributed by atoms with Crippen LogP contribution in [0.15, 0.2) is 53.5 Å².